The zero-order valence-electron chi connectivity index (χ0n) is 15.7. The molecule has 1 aliphatic heterocycles. The van der Waals surface area contributed by atoms with Crippen LogP contribution in [0.15, 0.2) is 0 Å². The zero-order valence-corrected chi connectivity index (χ0v) is 15.7. The van der Waals surface area contributed by atoms with Crippen molar-refractivity contribution in [3.05, 3.63) is 0 Å². The first-order valence-corrected chi connectivity index (χ1v) is 8.52. The van der Waals surface area contributed by atoms with Gasteiger partial charge >= 0.3 is 5.97 Å². The number of carbonyl (C=O) groups is 1. The molecule has 0 amide bonds. The Morgan fingerprint density at radius 1 is 1.09 bits per heavy atom. The summed E-state index contributed by atoms with van der Waals surface area (Å²) >= 11 is 0. The van der Waals surface area contributed by atoms with E-state index >= 15 is 0 Å². The van der Waals surface area contributed by atoms with Crippen LogP contribution >= 0.6 is 0 Å². The number of carbonyl (C=O) groups excluding carboxylic acids is 1. The Morgan fingerprint density at radius 3 is 2.00 bits per heavy atom. The molecule has 0 spiro atoms. The first-order chi connectivity index (χ1) is 9.91. The lowest BCUT2D eigenvalue weighted by Gasteiger charge is -2.38. The molecule has 0 aromatic carbocycles. The van der Waals surface area contributed by atoms with Crippen LogP contribution in [0.3, 0.4) is 0 Å². The average molecular weight is 314 g/mol. The summed E-state index contributed by atoms with van der Waals surface area (Å²) in [6.07, 6.45) is 4.15. The fourth-order valence-corrected chi connectivity index (χ4v) is 3.52. The maximum atomic E-state index is 13.0. The fourth-order valence-electron chi connectivity index (χ4n) is 3.52. The van der Waals surface area contributed by atoms with Crippen LogP contribution in [0.1, 0.15) is 87.5 Å². The minimum atomic E-state index is -0.841. The molecule has 1 saturated heterocycles. The van der Waals surface area contributed by atoms with Crippen LogP contribution in [0.2, 0.25) is 0 Å². The molecule has 1 unspecified atom stereocenters. The molecule has 22 heavy (non-hydrogen) atoms. The molecular weight excluding hydrogens is 280 g/mol. The average Bonchev–Trinajstić information content (AvgIpc) is 3.06. The summed E-state index contributed by atoms with van der Waals surface area (Å²) in [6.45, 7) is 16.4. The van der Waals surface area contributed by atoms with E-state index in [2.05, 4.69) is 27.7 Å². The standard InChI is InChI=1S/C18H34O4/c1-9-11-12-18(10-2,17(8)21-22-17)14(19)20-16(6,7)13-15(3,4)5/h9-13H2,1-8H3. The molecule has 0 aromatic rings. The van der Waals surface area contributed by atoms with Gasteiger partial charge in [0, 0.05) is 0 Å². The van der Waals surface area contributed by atoms with Crippen LogP contribution in [0.4, 0.5) is 0 Å². The monoisotopic (exact) mass is 314 g/mol. The van der Waals surface area contributed by atoms with Crippen molar-refractivity contribution in [1.82, 2.24) is 0 Å². The van der Waals surface area contributed by atoms with Gasteiger partial charge in [-0.3, -0.25) is 4.79 Å². The van der Waals surface area contributed by atoms with Gasteiger partial charge < -0.3 is 4.74 Å². The van der Waals surface area contributed by atoms with Crippen molar-refractivity contribution in [1.29, 1.82) is 0 Å². The van der Waals surface area contributed by atoms with Crippen LogP contribution in [-0.4, -0.2) is 17.4 Å². The molecule has 0 aromatic heterocycles. The maximum absolute atomic E-state index is 13.0. The number of unbranched alkanes of at least 4 members (excludes halogenated alkanes) is 1. The lowest BCUT2D eigenvalue weighted by atomic mass is 9.74. The Labute approximate surface area is 135 Å². The van der Waals surface area contributed by atoms with Gasteiger partial charge in [-0.25, -0.2) is 0 Å². The summed E-state index contributed by atoms with van der Waals surface area (Å²) in [5.74, 6) is -1.04. The van der Waals surface area contributed by atoms with E-state index in [9.17, 15) is 4.79 Å². The lowest BCUT2D eigenvalue weighted by Crippen LogP contribution is -2.47. The molecule has 0 aliphatic carbocycles. The molecule has 1 fully saturated rings. The highest BCUT2D eigenvalue weighted by Gasteiger charge is 2.66. The topological polar surface area (TPSA) is 51.4 Å². The fraction of sp³-hybridized carbons (Fsp3) is 0.944. The summed E-state index contributed by atoms with van der Waals surface area (Å²) in [5, 5.41) is 0. The lowest BCUT2D eigenvalue weighted by molar-refractivity contribution is -0.178. The van der Waals surface area contributed by atoms with Crippen molar-refractivity contribution >= 4 is 5.97 Å². The second-order valence-electron chi connectivity index (χ2n) is 8.54. The normalized spacial score (nSPS) is 20.4. The minimum absolute atomic E-state index is 0.0958. The zero-order chi connectivity index (χ0) is 17.2. The molecule has 0 saturated carbocycles. The highest BCUT2D eigenvalue weighted by Crippen LogP contribution is 2.52. The predicted molar refractivity (Wildman–Crippen MR) is 87.1 cm³/mol. The Bertz CT molecular complexity index is 390. The third-order valence-corrected chi connectivity index (χ3v) is 4.48. The van der Waals surface area contributed by atoms with E-state index in [-0.39, 0.29) is 11.4 Å². The maximum Gasteiger partial charge on any atom is 0.318 e. The quantitative estimate of drug-likeness (QED) is 0.359. The van der Waals surface area contributed by atoms with E-state index < -0.39 is 16.8 Å². The van der Waals surface area contributed by atoms with Gasteiger partial charge in [0.25, 0.3) is 0 Å². The second kappa shape index (κ2) is 6.48. The van der Waals surface area contributed by atoms with Gasteiger partial charge in [-0.15, -0.1) is 0 Å². The molecule has 130 valence electrons. The molecule has 1 heterocycles. The Morgan fingerprint density at radius 2 is 1.64 bits per heavy atom. The van der Waals surface area contributed by atoms with E-state index in [0.29, 0.717) is 6.42 Å². The molecule has 0 radical (unpaired) electrons. The summed E-state index contributed by atoms with van der Waals surface area (Å²) in [5.41, 5.74) is -1.13. The van der Waals surface area contributed by atoms with Gasteiger partial charge in [0.2, 0.25) is 5.79 Å². The van der Waals surface area contributed by atoms with Crippen molar-refractivity contribution in [2.45, 2.75) is 98.9 Å². The largest absolute Gasteiger partial charge is 0.459 e. The molecule has 1 rings (SSSR count). The van der Waals surface area contributed by atoms with Crippen LogP contribution in [0, 0.1) is 10.8 Å². The van der Waals surface area contributed by atoms with Crippen LogP contribution in [0.5, 0.6) is 0 Å². The highest BCUT2D eigenvalue weighted by atomic mass is 17.4. The summed E-state index contributed by atoms with van der Waals surface area (Å²) < 4.78 is 5.93. The Hall–Kier alpha value is -0.610. The predicted octanol–water partition coefficient (Wildman–Crippen LogP) is 5.01. The van der Waals surface area contributed by atoms with Gasteiger partial charge in [0.05, 0.1) is 0 Å². The summed E-state index contributed by atoms with van der Waals surface area (Å²) in [4.78, 5) is 23.4. The smallest absolute Gasteiger partial charge is 0.318 e. The highest BCUT2D eigenvalue weighted by molar-refractivity contribution is 5.78. The van der Waals surface area contributed by atoms with E-state index in [1.165, 1.54) is 0 Å². The van der Waals surface area contributed by atoms with Gasteiger partial charge in [0.15, 0.2) is 0 Å². The number of esters is 1. The SMILES string of the molecule is CCCCC(CC)(C(=O)OC(C)(C)CC(C)(C)C)C1(C)OO1. The molecule has 1 atom stereocenters. The van der Waals surface area contributed by atoms with Crippen molar-refractivity contribution in [3.8, 4) is 0 Å². The first-order valence-electron chi connectivity index (χ1n) is 8.52. The molecule has 1 aliphatic rings. The van der Waals surface area contributed by atoms with Gasteiger partial charge in [-0.05, 0) is 45.4 Å². The number of hydrogen-bond donors (Lipinski definition) is 0. The van der Waals surface area contributed by atoms with E-state index in [1.807, 2.05) is 27.7 Å². The third-order valence-electron chi connectivity index (χ3n) is 4.48. The van der Waals surface area contributed by atoms with Crippen molar-refractivity contribution in [2.75, 3.05) is 0 Å². The molecular formula is C18H34O4. The van der Waals surface area contributed by atoms with Crippen LogP contribution in [0.25, 0.3) is 0 Å². The number of ether oxygens (including phenoxy) is 1. The molecule has 4 nitrogen and oxygen atoms in total. The van der Waals surface area contributed by atoms with Crippen LogP contribution in [-0.2, 0) is 19.3 Å². The summed E-state index contributed by atoms with van der Waals surface area (Å²) in [7, 11) is 0. The molecule has 0 bridgehead atoms. The van der Waals surface area contributed by atoms with E-state index in [4.69, 9.17) is 14.5 Å². The number of hydrogen-bond acceptors (Lipinski definition) is 4. The number of rotatable bonds is 8. The second-order valence-corrected chi connectivity index (χ2v) is 8.54. The van der Waals surface area contributed by atoms with Crippen molar-refractivity contribution in [3.63, 3.8) is 0 Å². The van der Waals surface area contributed by atoms with Gasteiger partial charge in [-0.1, -0.05) is 47.5 Å². The molecule has 0 N–H and O–H groups in total. The third kappa shape index (κ3) is 4.45. The van der Waals surface area contributed by atoms with E-state index in [0.717, 1.165) is 25.7 Å². The minimum Gasteiger partial charge on any atom is -0.459 e. The van der Waals surface area contributed by atoms with Crippen LogP contribution < -0.4 is 0 Å². The molecule has 4 heteroatoms. The first kappa shape index (κ1) is 19.4. The van der Waals surface area contributed by atoms with Crippen molar-refractivity contribution < 1.29 is 19.3 Å². The Kier molecular flexibility index (Phi) is 5.73. The van der Waals surface area contributed by atoms with Crippen molar-refractivity contribution in [2.24, 2.45) is 10.8 Å². The van der Waals surface area contributed by atoms with Gasteiger partial charge in [-0.2, -0.15) is 9.78 Å². The van der Waals surface area contributed by atoms with E-state index in [1.54, 1.807) is 0 Å². The van der Waals surface area contributed by atoms with Gasteiger partial charge in [0.1, 0.15) is 11.0 Å². The summed E-state index contributed by atoms with van der Waals surface area (Å²) in [6, 6.07) is 0. The Balaban J connectivity index is 2.93.